The molecule has 3 N–H and O–H groups in total. The van der Waals surface area contributed by atoms with E-state index >= 15 is 0 Å². The maximum absolute atomic E-state index is 11.5. The van der Waals surface area contributed by atoms with Crippen LogP contribution in [0.2, 0.25) is 0 Å². The third kappa shape index (κ3) is 1.60. The van der Waals surface area contributed by atoms with Crippen LogP contribution in [0.25, 0.3) is 10.9 Å². The van der Waals surface area contributed by atoms with Crippen molar-refractivity contribution in [3.05, 3.63) is 45.1 Å². The highest BCUT2D eigenvalue weighted by Gasteiger charge is 2.07. The average molecular weight is 219 g/mol. The summed E-state index contributed by atoms with van der Waals surface area (Å²) in [6.45, 7) is -0.254. The van der Waals surface area contributed by atoms with Crippen molar-refractivity contribution in [3.8, 4) is 0 Å². The summed E-state index contributed by atoms with van der Waals surface area (Å²) >= 11 is 0. The molecule has 0 atom stereocenters. The van der Waals surface area contributed by atoms with Crippen LogP contribution in [0, 0.1) is 0 Å². The van der Waals surface area contributed by atoms with Gasteiger partial charge in [0, 0.05) is 0 Å². The molecule has 6 nitrogen and oxygen atoms in total. The van der Waals surface area contributed by atoms with Crippen LogP contribution in [-0.4, -0.2) is 15.5 Å². The molecule has 2 aromatic rings. The van der Waals surface area contributed by atoms with Gasteiger partial charge in [-0.05, 0) is 12.1 Å². The molecule has 0 aliphatic carbocycles. The Morgan fingerprint density at radius 3 is 2.69 bits per heavy atom. The molecule has 1 aromatic heterocycles. The molecule has 0 saturated heterocycles. The van der Waals surface area contributed by atoms with Crippen LogP contribution in [0.5, 0.6) is 0 Å². The summed E-state index contributed by atoms with van der Waals surface area (Å²) in [7, 11) is 0. The van der Waals surface area contributed by atoms with Gasteiger partial charge in [0.15, 0.2) is 0 Å². The molecule has 1 amide bonds. The van der Waals surface area contributed by atoms with Crippen molar-refractivity contribution in [2.45, 2.75) is 6.54 Å². The number of aromatic nitrogens is 2. The fourth-order valence-electron chi connectivity index (χ4n) is 1.56. The average Bonchev–Trinajstić information content (AvgIpc) is 2.24. The number of benzene rings is 1. The van der Waals surface area contributed by atoms with Gasteiger partial charge < -0.3 is 5.73 Å². The van der Waals surface area contributed by atoms with Crippen LogP contribution in [0.15, 0.2) is 33.9 Å². The smallest absolute Gasteiger partial charge is 0.329 e. The van der Waals surface area contributed by atoms with Gasteiger partial charge in [-0.2, -0.15) is 0 Å². The number of rotatable bonds is 2. The summed E-state index contributed by atoms with van der Waals surface area (Å²) in [5, 5.41) is 0.350. The third-order valence-corrected chi connectivity index (χ3v) is 2.22. The van der Waals surface area contributed by atoms with Crippen molar-refractivity contribution < 1.29 is 4.79 Å². The molecule has 1 aromatic carbocycles. The summed E-state index contributed by atoms with van der Waals surface area (Å²) in [4.78, 5) is 35.9. The lowest BCUT2D eigenvalue weighted by molar-refractivity contribution is -0.118. The molecule has 0 aliphatic rings. The van der Waals surface area contributed by atoms with Crippen molar-refractivity contribution in [2.75, 3.05) is 0 Å². The van der Waals surface area contributed by atoms with Gasteiger partial charge in [0.25, 0.3) is 5.56 Å². The van der Waals surface area contributed by atoms with E-state index in [0.29, 0.717) is 10.9 Å². The number of hydrogen-bond acceptors (Lipinski definition) is 3. The summed E-state index contributed by atoms with van der Waals surface area (Å²) in [5.74, 6) is -0.640. The number of nitrogens with zero attached hydrogens (tertiary/aromatic N) is 1. The van der Waals surface area contributed by atoms with E-state index in [1.54, 1.807) is 24.3 Å². The van der Waals surface area contributed by atoms with Crippen molar-refractivity contribution in [3.63, 3.8) is 0 Å². The summed E-state index contributed by atoms with van der Waals surface area (Å²) in [6.07, 6.45) is 0. The lowest BCUT2D eigenvalue weighted by Gasteiger charge is -2.06. The Hall–Kier alpha value is -2.37. The Morgan fingerprint density at radius 2 is 2.00 bits per heavy atom. The number of primary amides is 1. The number of amides is 1. The van der Waals surface area contributed by atoms with Gasteiger partial charge >= 0.3 is 5.69 Å². The topological polar surface area (TPSA) is 97.9 Å². The maximum Gasteiger partial charge on any atom is 0.329 e. The van der Waals surface area contributed by atoms with Crippen LogP contribution in [0.1, 0.15) is 0 Å². The zero-order valence-electron chi connectivity index (χ0n) is 8.27. The quantitative estimate of drug-likeness (QED) is 0.690. The highest BCUT2D eigenvalue weighted by atomic mass is 16.2. The van der Waals surface area contributed by atoms with Crippen LogP contribution in [0.3, 0.4) is 0 Å². The molecule has 0 spiro atoms. The van der Waals surface area contributed by atoms with Gasteiger partial charge in [0.2, 0.25) is 5.91 Å². The summed E-state index contributed by atoms with van der Waals surface area (Å²) in [5.41, 5.74) is 4.32. The van der Waals surface area contributed by atoms with E-state index in [9.17, 15) is 14.4 Å². The second-order valence-corrected chi connectivity index (χ2v) is 3.33. The number of para-hydroxylation sites is 1. The molecule has 0 fully saturated rings. The minimum absolute atomic E-state index is 0.254. The Bertz CT molecular complexity index is 669. The van der Waals surface area contributed by atoms with E-state index in [-0.39, 0.29) is 6.54 Å². The number of carbonyl (C=O) groups excluding carboxylic acids is 1. The fourth-order valence-corrected chi connectivity index (χ4v) is 1.56. The van der Waals surface area contributed by atoms with Crippen LogP contribution >= 0.6 is 0 Å². The SMILES string of the molecule is NC(=O)Cn1c(=O)[nH]c(=O)c2ccccc21. The van der Waals surface area contributed by atoms with Crippen LogP contribution in [0.4, 0.5) is 0 Å². The molecule has 16 heavy (non-hydrogen) atoms. The Morgan fingerprint density at radius 1 is 1.31 bits per heavy atom. The number of aromatic amines is 1. The van der Waals surface area contributed by atoms with E-state index < -0.39 is 17.2 Å². The Labute approximate surface area is 89.3 Å². The largest absolute Gasteiger partial charge is 0.368 e. The molecule has 0 unspecified atom stereocenters. The summed E-state index contributed by atoms with van der Waals surface area (Å²) < 4.78 is 1.14. The number of nitrogens with one attached hydrogen (secondary N) is 1. The molecular formula is C10H9N3O3. The van der Waals surface area contributed by atoms with Crippen molar-refractivity contribution in [1.29, 1.82) is 0 Å². The molecule has 0 aliphatic heterocycles. The molecule has 0 saturated carbocycles. The zero-order valence-corrected chi connectivity index (χ0v) is 8.27. The van der Waals surface area contributed by atoms with Crippen molar-refractivity contribution >= 4 is 16.8 Å². The molecule has 0 radical (unpaired) electrons. The first-order chi connectivity index (χ1) is 7.59. The second kappa shape index (κ2) is 3.65. The predicted octanol–water partition coefficient (Wildman–Crippen LogP) is -0.825. The maximum atomic E-state index is 11.5. The van der Waals surface area contributed by atoms with E-state index in [4.69, 9.17) is 5.73 Å². The van der Waals surface area contributed by atoms with Crippen LogP contribution < -0.4 is 17.0 Å². The zero-order chi connectivity index (χ0) is 11.7. The van der Waals surface area contributed by atoms with E-state index in [0.717, 1.165) is 4.57 Å². The van der Waals surface area contributed by atoms with Gasteiger partial charge in [-0.15, -0.1) is 0 Å². The third-order valence-electron chi connectivity index (χ3n) is 2.22. The Kier molecular flexibility index (Phi) is 2.32. The minimum Gasteiger partial charge on any atom is -0.368 e. The molecule has 6 heteroatoms. The monoisotopic (exact) mass is 219 g/mol. The number of carbonyl (C=O) groups is 1. The normalized spacial score (nSPS) is 10.5. The molecular weight excluding hydrogens is 210 g/mol. The number of fused-ring (bicyclic) bond motifs is 1. The van der Waals surface area contributed by atoms with E-state index in [1.807, 2.05) is 0 Å². The lowest BCUT2D eigenvalue weighted by atomic mass is 10.2. The first-order valence-electron chi connectivity index (χ1n) is 4.60. The fraction of sp³-hybridized carbons (Fsp3) is 0.100. The first-order valence-corrected chi connectivity index (χ1v) is 4.60. The molecule has 0 bridgehead atoms. The van der Waals surface area contributed by atoms with E-state index in [1.165, 1.54) is 0 Å². The lowest BCUT2D eigenvalue weighted by Crippen LogP contribution is -2.34. The van der Waals surface area contributed by atoms with Crippen molar-refractivity contribution in [1.82, 2.24) is 9.55 Å². The van der Waals surface area contributed by atoms with E-state index in [2.05, 4.69) is 4.98 Å². The first kappa shape index (κ1) is 10.2. The number of nitrogens with two attached hydrogens (primary N) is 1. The standard InChI is InChI=1S/C10H9N3O3/c11-8(14)5-13-7-4-2-1-3-6(7)9(15)12-10(13)16/h1-4H,5H2,(H2,11,14)(H,12,15,16). The predicted molar refractivity (Wildman–Crippen MR) is 58.0 cm³/mol. The highest BCUT2D eigenvalue weighted by Crippen LogP contribution is 2.05. The molecule has 2 rings (SSSR count). The van der Waals surface area contributed by atoms with Crippen LogP contribution in [-0.2, 0) is 11.3 Å². The number of H-pyrrole nitrogens is 1. The van der Waals surface area contributed by atoms with Gasteiger partial charge in [0.1, 0.15) is 6.54 Å². The second-order valence-electron chi connectivity index (χ2n) is 3.33. The van der Waals surface area contributed by atoms with Gasteiger partial charge in [-0.3, -0.25) is 19.1 Å². The van der Waals surface area contributed by atoms with Gasteiger partial charge in [0.05, 0.1) is 10.9 Å². The molecule has 82 valence electrons. The van der Waals surface area contributed by atoms with Crippen molar-refractivity contribution in [2.24, 2.45) is 5.73 Å². The summed E-state index contributed by atoms with van der Waals surface area (Å²) in [6, 6.07) is 6.52. The molecule has 1 heterocycles. The highest BCUT2D eigenvalue weighted by molar-refractivity contribution is 5.80. The number of hydrogen-bond donors (Lipinski definition) is 2. The van der Waals surface area contributed by atoms with Gasteiger partial charge in [-0.1, -0.05) is 12.1 Å². The van der Waals surface area contributed by atoms with Gasteiger partial charge in [-0.25, -0.2) is 4.79 Å². The Balaban J connectivity index is 2.87. The minimum atomic E-state index is -0.640.